The summed E-state index contributed by atoms with van der Waals surface area (Å²) in [6, 6.07) is 11.0. The van der Waals surface area contributed by atoms with Gasteiger partial charge < -0.3 is 18.9 Å². The van der Waals surface area contributed by atoms with Crippen molar-refractivity contribution in [1.29, 1.82) is 0 Å². The summed E-state index contributed by atoms with van der Waals surface area (Å²) in [5.41, 5.74) is 5.00. The van der Waals surface area contributed by atoms with Crippen molar-refractivity contribution in [3.05, 3.63) is 53.1 Å². The minimum atomic E-state index is -0.814. The lowest BCUT2D eigenvalue weighted by molar-refractivity contribution is -0.131. The molecule has 0 saturated carbocycles. The van der Waals surface area contributed by atoms with Gasteiger partial charge in [0.2, 0.25) is 0 Å². The van der Waals surface area contributed by atoms with E-state index in [9.17, 15) is 4.79 Å². The summed E-state index contributed by atoms with van der Waals surface area (Å²) in [6.07, 6.45) is 0.738. The summed E-state index contributed by atoms with van der Waals surface area (Å²) in [6.45, 7) is 2.95. The molecule has 0 aliphatic carbocycles. The van der Waals surface area contributed by atoms with Crippen molar-refractivity contribution >= 4 is 12.1 Å². The van der Waals surface area contributed by atoms with Gasteiger partial charge in [0.15, 0.2) is 17.6 Å². The van der Waals surface area contributed by atoms with Crippen molar-refractivity contribution in [2.24, 2.45) is 5.10 Å². The number of aryl methyl sites for hydroxylation is 1. The van der Waals surface area contributed by atoms with Gasteiger partial charge in [0.1, 0.15) is 19.0 Å². The fourth-order valence-electron chi connectivity index (χ4n) is 2.76. The van der Waals surface area contributed by atoms with Crippen molar-refractivity contribution in [3.8, 4) is 17.2 Å². The Morgan fingerprint density at radius 1 is 1.15 bits per heavy atom. The van der Waals surface area contributed by atoms with E-state index in [2.05, 4.69) is 10.5 Å². The number of rotatable bonds is 6. The Balaban J connectivity index is 1.68. The van der Waals surface area contributed by atoms with Crippen LogP contribution < -0.4 is 19.6 Å². The Bertz CT molecular complexity index is 850. The highest BCUT2D eigenvalue weighted by Gasteiger charge is 2.22. The first-order valence-electron chi connectivity index (χ1n) is 8.52. The number of carbonyl (C=O) groups is 1. The molecule has 0 spiro atoms. The molecular weight excluding hydrogens is 348 g/mol. The Hall–Kier alpha value is -3.06. The summed E-state index contributed by atoms with van der Waals surface area (Å²) >= 11 is 0. The van der Waals surface area contributed by atoms with E-state index in [1.807, 2.05) is 25.1 Å². The van der Waals surface area contributed by atoms with Crippen LogP contribution in [0.1, 0.15) is 22.8 Å². The van der Waals surface area contributed by atoms with Gasteiger partial charge in [0.05, 0.1) is 13.3 Å². The van der Waals surface area contributed by atoms with E-state index < -0.39 is 6.10 Å². The normalized spacial score (nSPS) is 14.0. The number of benzene rings is 2. The lowest BCUT2D eigenvalue weighted by Gasteiger charge is -2.20. The molecule has 2 aromatic carbocycles. The molecule has 0 radical (unpaired) electrons. The standard InChI is InChI=1S/C20H22N2O5/c1-13-4-5-14(10-17(13)24-2)12-21-22-20(23)19(25-3)15-6-7-16-18(11-15)27-9-8-26-16/h4-7,10-12,19H,8-9H2,1-3H3,(H,22,23)/b21-12+. The van der Waals surface area contributed by atoms with Crippen LogP contribution in [-0.4, -0.2) is 39.6 Å². The monoisotopic (exact) mass is 370 g/mol. The first kappa shape index (κ1) is 18.7. The molecular formula is C20H22N2O5. The van der Waals surface area contributed by atoms with Gasteiger partial charge in [-0.1, -0.05) is 18.2 Å². The molecule has 1 aliphatic rings. The molecule has 1 heterocycles. The highest BCUT2D eigenvalue weighted by molar-refractivity contribution is 5.85. The van der Waals surface area contributed by atoms with Crippen LogP contribution in [0.2, 0.25) is 0 Å². The Morgan fingerprint density at radius 3 is 2.67 bits per heavy atom. The second-order valence-electron chi connectivity index (χ2n) is 5.98. The zero-order valence-electron chi connectivity index (χ0n) is 15.5. The number of ether oxygens (including phenoxy) is 4. The maximum absolute atomic E-state index is 12.5. The van der Waals surface area contributed by atoms with Gasteiger partial charge in [0, 0.05) is 7.11 Å². The quantitative estimate of drug-likeness (QED) is 0.625. The number of hydrogen-bond acceptors (Lipinski definition) is 6. The van der Waals surface area contributed by atoms with Gasteiger partial charge in [-0.15, -0.1) is 0 Å². The molecule has 2 aromatic rings. The molecule has 1 aliphatic heterocycles. The maximum Gasteiger partial charge on any atom is 0.273 e. The second kappa shape index (κ2) is 8.55. The minimum Gasteiger partial charge on any atom is -0.496 e. The number of methoxy groups -OCH3 is 2. The van der Waals surface area contributed by atoms with Crippen molar-refractivity contribution in [3.63, 3.8) is 0 Å². The van der Waals surface area contributed by atoms with Crippen molar-refractivity contribution < 1.29 is 23.7 Å². The van der Waals surface area contributed by atoms with Crippen LogP contribution in [0.3, 0.4) is 0 Å². The Labute approximate surface area is 157 Å². The fraction of sp³-hybridized carbons (Fsp3) is 0.300. The molecule has 1 N–H and O–H groups in total. The largest absolute Gasteiger partial charge is 0.496 e. The average molecular weight is 370 g/mol. The summed E-state index contributed by atoms with van der Waals surface area (Å²) in [7, 11) is 3.08. The molecule has 142 valence electrons. The van der Waals surface area contributed by atoms with E-state index in [0.29, 0.717) is 30.3 Å². The van der Waals surface area contributed by atoms with Crippen LogP contribution in [0.15, 0.2) is 41.5 Å². The van der Waals surface area contributed by atoms with Crippen LogP contribution in [0.5, 0.6) is 17.2 Å². The lowest BCUT2D eigenvalue weighted by Crippen LogP contribution is -2.27. The Morgan fingerprint density at radius 2 is 1.93 bits per heavy atom. The van der Waals surface area contributed by atoms with Gasteiger partial charge in [-0.05, 0) is 41.8 Å². The smallest absolute Gasteiger partial charge is 0.273 e. The van der Waals surface area contributed by atoms with Gasteiger partial charge in [0.25, 0.3) is 5.91 Å². The molecule has 27 heavy (non-hydrogen) atoms. The van der Waals surface area contributed by atoms with Crippen molar-refractivity contribution in [2.45, 2.75) is 13.0 Å². The molecule has 1 unspecified atom stereocenters. The summed E-state index contributed by atoms with van der Waals surface area (Å²) in [5.74, 6) is 1.64. The number of nitrogens with one attached hydrogen (secondary N) is 1. The third kappa shape index (κ3) is 4.38. The number of hydrazone groups is 1. The van der Waals surface area contributed by atoms with E-state index >= 15 is 0 Å². The summed E-state index contributed by atoms with van der Waals surface area (Å²) in [4.78, 5) is 12.5. The molecule has 1 amide bonds. The minimum absolute atomic E-state index is 0.385. The number of hydrogen-bond donors (Lipinski definition) is 1. The molecule has 0 fully saturated rings. The highest BCUT2D eigenvalue weighted by atomic mass is 16.6. The molecule has 3 rings (SSSR count). The van der Waals surface area contributed by atoms with Crippen molar-refractivity contribution in [1.82, 2.24) is 5.43 Å². The zero-order chi connectivity index (χ0) is 19.2. The molecule has 0 saturated heterocycles. The third-order valence-electron chi connectivity index (χ3n) is 4.16. The number of amides is 1. The number of fused-ring (bicyclic) bond motifs is 1. The van der Waals surface area contributed by atoms with E-state index in [1.165, 1.54) is 7.11 Å². The lowest BCUT2D eigenvalue weighted by atomic mass is 10.1. The summed E-state index contributed by atoms with van der Waals surface area (Å²) in [5, 5.41) is 4.01. The molecule has 7 heteroatoms. The van der Waals surface area contributed by atoms with Gasteiger partial charge in [-0.3, -0.25) is 4.79 Å². The molecule has 7 nitrogen and oxygen atoms in total. The van der Waals surface area contributed by atoms with E-state index in [4.69, 9.17) is 18.9 Å². The van der Waals surface area contributed by atoms with Crippen molar-refractivity contribution in [2.75, 3.05) is 27.4 Å². The highest BCUT2D eigenvalue weighted by Crippen LogP contribution is 2.33. The first-order chi connectivity index (χ1) is 13.1. The van der Waals surface area contributed by atoms with Gasteiger partial charge in [-0.2, -0.15) is 5.10 Å². The van der Waals surface area contributed by atoms with E-state index in [1.54, 1.807) is 31.5 Å². The van der Waals surface area contributed by atoms with Crippen LogP contribution in [0, 0.1) is 6.92 Å². The molecule has 0 aromatic heterocycles. The predicted octanol–water partition coefficient (Wildman–Crippen LogP) is 2.61. The molecule has 0 bridgehead atoms. The third-order valence-corrected chi connectivity index (χ3v) is 4.16. The van der Waals surface area contributed by atoms with Crippen LogP contribution >= 0.6 is 0 Å². The van der Waals surface area contributed by atoms with Crippen LogP contribution in [0.4, 0.5) is 0 Å². The van der Waals surface area contributed by atoms with Crippen LogP contribution in [-0.2, 0) is 9.53 Å². The zero-order valence-corrected chi connectivity index (χ0v) is 15.5. The van der Waals surface area contributed by atoms with Gasteiger partial charge >= 0.3 is 0 Å². The number of nitrogens with zero attached hydrogens (tertiary/aromatic N) is 1. The van der Waals surface area contributed by atoms with Crippen LogP contribution in [0.25, 0.3) is 0 Å². The van der Waals surface area contributed by atoms with Gasteiger partial charge in [-0.25, -0.2) is 5.43 Å². The average Bonchev–Trinajstić information content (AvgIpc) is 2.69. The van der Waals surface area contributed by atoms with E-state index in [-0.39, 0.29) is 5.91 Å². The second-order valence-corrected chi connectivity index (χ2v) is 5.98. The van der Waals surface area contributed by atoms with E-state index in [0.717, 1.165) is 16.9 Å². The maximum atomic E-state index is 12.5. The predicted molar refractivity (Wildman–Crippen MR) is 101 cm³/mol. The summed E-state index contributed by atoms with van der Waals surface area (Å²) < 4.78 is 21.7. The fourth-order valence-corrected chi connectivity index (χ4v) is 2.76. The first-order valence-corrected chi connectivity index (χ1v) is 8.52. The SMILES string of the molecule is COc1cc(/C=N/NC(=O)C(OC)c2ccc3c(c2)OCCO3)ccc1C. The Kier molecular flexibility index (Phi) is 5.93. The topological polar surface area (TPSA) is 78.4 Å². The number of carbonyl (C=O) groups excluding carboxylic acids is 1. The molecule has 1 atom stereocenters.